The van der Waals surface area contributed by atoms with E-state index in [4.69, 9.17) is 19.2 Å². The van der Waals surface area contributed by atoms with E-state index in [1.165, 1.54) is 0 Å². The van der Waals surface area contributed by atoms with Gasteiger partial charge in [0.05, 0.1) is 0 Å². The van der Waals surface area contributed by atoms with Crippen molar-refractivity contribution < 1.29 is 55.6 Å². The van der Waals surface area contributed by atoms with Crippen LogP contribution in [0, 0.1) is 0 Å². The SMILES string of the molecule is O[Si](O)(O)O.[Fe].[H-].[H-].[Mg+2].[Ni]. The topological polar surface area (TPSA) is 80.9 Å². The van der Waals surface area contributed by atoms with E-state index in [0.29, 0.717) is 0 Å². The standard InChI is InChI=1S/Fe.Mg.Ni.H4O4Si.2H/c;;;1-5(2,3)4;;/h;;;1-4H;;/q;+2;;;2*-1. The van der Waals surface area contributed by atoms with Gasteiger partial charge in [0.25, 0.3) is 0 Å². The average molecular weight is 237 g/mol. The molecule has 8 heavy (non-hydrogen) atoms. The predicted octanol–water partition coefficient (Wildman–Crippen LogP) is -2.77. The summed E-state index contributed by atoms with van der Waals surface area (Å²) in [6, 6.07) is 0. The summed E-state index contributed by atoms with van der Waals surface area (Å²) >= 11 is 0. The Morgan fingerprint density at radius 2 is 1.00 bits per heavy atom. The van der Waals surface area contributed by atoms with Gasteiger partial charge in [-0.3, -0.25) is 0 Å². The molecule has 4 N–H and O–H groups in total. The van der Waals surface area contributed by atoms with Crippen LogP contribution in [0.25, 0.3) is 0 Å². The minimum atomic E-state index is -4.61. The summed E-state index contributed by atoms with van der Waals surface area (Å²) in [4.78, 5) is 29.3. The molecule has 0 rings (SSSR count). The first-order valence-corrected chi connectivity index (χ1v) is 2.68. The fourth-order valence-corrected chi connectivity index (χ4v) is 0. The molecule has 8 heteroatoms. The Morgan fingerprint density at radius 3 is 1.00 bits per heavy atom. The quantitative estimate of drug-likeness (QED) is 0.344. The third-order valence-electron chi connectivity index (χ3n) is 0. The summed E-state index contributed by atoms with van der Waals surface area (Å²) in [5, 5.41) is 0. The molecule has 0 spiro atoms. The summed E-state index contributed by atoms with van der Waals surface area (Å²) in [5.74, 6) is 0. The first-order valence-electron chi connectivity index (χ1n) is 0.894. The number of hydrogen-bond acceptors (Lipinski definition) is 4. The van der Waals surface area contributed by atoms with Crippen molar-refractivity contribution in [2.24, 2.45) is 0 Å². The predicted molar refractivity (Wildman–Crippen MR) is 22.6 cm³/mol. The van der Waals surface area contributed by atoms with E-state index in [0.717, 1.165) is 0 Å². The monoisotopic (exact) mass is 236 g/mol. The first-order chi connectivity index (χ1) is 2.00. The van der Waals surface area contributed by atoms with Crippen LogP contribution in [0.4, 0.5) is 0 Å². The molecular weight excluding hydrogens is 231 g/mol. The molecule has 0 aromatic heterocycles. The molecule has 0 fully saturated rings. The van der Waals surface area contributed by atoms with Crippen molar-refractivity contribution in [3.05, 3.63) is 0 Å². The van der Waals surface area contributed by atoms with Crippen LogP contribution in [-0.2, 0) is 33.6 Å². The molecule has 0 aliphatic rings. The second-order valence-electron chi connectivity index (χ2n) is 0.600. The second-order valence-corrected chi connectivity index (χ2v) is 1.80. The van der Waals surface area contributed by atoms with Gasteiger partial charge in [0, 0.05) is 33.6 Å². The molecule has 0 saturated heterocycles. The van der Waals surface area contributed by atoms with Crippen LogP contribution in [0.1, 0.15) is 2.85 Å². The van der Waals surface area contributed by atoms with E-state index in [-0.39, 0.29) is 59.5 Å². The van der Waals surface area contributed by atoms with Gasteiger partial charge in [-0.25, -0.2) is 0 Å². The van der Waals surface area contributed by atoms with E-state index in [9.17, 15) is 0 Å². The van der Waals surface area contributed by atoms with Crippen molar-refractivity contribution in [3.63, 3.8) is 0 Å². The number of rotatable bonds is 0. The van der Waals surface area contributed by atoms with Gasteiger partial charge in [0.1, 0.15) is 0 Å². The maximum Gasteiger partial charge on any atom is 2.00 e. The summed E-state index contributed by atoms with van der Waals surface area (Å²) in [5.41, 5.74) is 0. The molecule has 0 aliphatic heterocycles. The van der Waals surface area contributed by atoms with Gasteiger partial charge < -0.3 is 22.0 Å². The van der Waals surface area contributed by atoms with Gasteiger partial charge >= 0.3 is 32.1 Å². The van der Waals surface area contributed by atoms with E-state index in [1.807, 2.05) is 0 Å². The Labute approximate surface area is 87.3 Å². The van der Waals surface area contributed by atoms with Crippen LogP contribution in [-0.4, -0.2) is 51.3 Å². The molecule has 0 heterocycles. The third-order valence-corrected chi connectivity index (χ3v) is 0. The van der Waals surface area contributed by atoms with Crippen molar-refractivity contribution >= 4 is 32.1 Å². The minimum Gasteiger partial charge on any atom is -1.00 e. The molecule has 0 bridgehead atoms. The molecule has 0 amide bonds. The van der Waals surface area contributed by atoms with E-state index < -0.39 is 9.05 Å². The molecular formula is H6FeMgNiO4Si. The summed E-state index contributed by atoms with van der Waals surface area (Å²) in [6.07, 6.45) is 0. The van der Waals surface area contributed by atoms with Crippen molar-refractivity contribution in [2.45, 2.75) is 0 Å². The molecule has 0 radical (unpaired) electrons. The minimum absolute atomic E-state index is 0. The fourth-order valence-electron chi connectivity index (χ4n) is 0. The maximum atomic E-state index is 7.33. The third kappa shape index (κ3) is 109. The Hall–Kier alpha value is 1.84. The summed E-state index contributed by atoms with van der Waals surface area (Å²) in [7, 11) is -4.61. The molecule has 0 aromatic carbocycles. The normalized spacial score (nSPS) is 7.50. The van der Waals surface area contributed by atoms with Crippen molar-refractivity contribution in [3.8, 4) is 0 Å². The van der Waals surface area contributed by atoms with Crippen LogP contribution >= 0.6 is 0 Å². The molecule has 0 saturated carbocycles. The van der Waals surface area contributed by atoms with Crippen LogP contribution in [0.5, 0.6) is 0 Å². The Bertz CT molecular complexity index is 38.7. The van der Waals surface area contributed by atoms with E-state index in [2.05, 4.69) is 0 Å². The summed E-state index contributed by atoms with van der Waals surface area (Å²) < 4.78 is 0. The molecule has 0 aromatic rings. The van der Waals surface area contributed by atoms with Gasteiger partial charge in [0.2, 0.25) is 0 Å². The Morgan fingerprint density at radius 1 is 1.00 bits per heavy atom. The molecule has 0 unspecified atom stereocenters. The van der Waals surface area contributed by atoms with Gasteiger partial charge in [-0.1, -0.05) is 0 Å². The van der Waals surface area contributed by atoms with Crippen LogP contribution in [0.2, 0.25) is 0 Å². The average Bonchev–Trinajstić information content (AvgIpc) is 0.722. The summed E-state index contributed by atoms with van der Waals surface area (Å²) in [6.45, 7) is 0. The van der Waals surface area contributed by atoms with Gasteiger partial charge in [-0.15, -0.1) is 0 Å². The molecule has 54 valence electrons. The fraction of sp³-hybridized carbons (Fsp3) is 0. The van der Waals surface area contributed by atoms with Gasteiger partial charge in [-0.05, 0) is 0 Å². The molecule has 0 atom stereocenters. The zero-order valence-electron chi connectivity index (χ0n) is 5.67. The zero-order chi connectivity index (χ0) is 4.50. The largest absolute Gasteiger partial charge is 2.00 e. The Kier molecular flexibility index (Phi) is 24.9. The Balaban J connectivity index is -0.00000000800. The second kappa shape index (κ2) is 8.84. The van der Waals surface area contributed by atoms with E-state index >= 15 is 0 Å². The maximum absolute atomic E-state index is 7.33. The van der Waals surface area contributed by atoms with E-state index in [1.54, 1.807) is 0 Å². The van der Waals surface area contributed by atoms with Crippen LogP contribution in [0.15, 0.2) is 0 Å². The molecule has 0 aliphatic carbocycles. The van der Waals surface area contributed by atoms with Crippen molar-refractivity contribution in [2.75, 3.05) is 0 Å². The van der Waals surface area contributed by atoms with Crippen LogP contribution < -0.4 is 0 Å². The first kappa shape index (κ1) is 22.5. The number of hydrogen-bond donors (Lipinski definition) is 4. The van der Waals surface area contributed by atoms with Crippen LogP contribution in [0.3, 0.4) is 0 Å². The molecule has 4 nitrogen and oxygen atoms in total. The zero-order valence-corrected chi connectivity index (χ0v) is 8.17. The van der Waals surface area contributed by atoms with Gasteiger partial charge in [-0.2, -0.15) is 0 Å². The van der Waals surface area contributed by atoms with Crippen molar-refractivity contribution in [1.82, 2.24) is 0 Å². The van der Waals surface area contributed by atoms with Gasteiger partial charge in [0.15, 0.2) is 0 Å². The van der Waals surface area contributed by atoms with Crippen molar-refractivity contribution in [1.29, 1.82) is 0 Å². The smallest absolute Gasteiger partial charge is 1.00 e.